The minimum atomic E-state index is -0.880. The topological polar surface area (TPSA) is 76.2 Å². The van der Waals surface area contributed by atoms with Crippen LogP contribution in [0.25, 0.3) is 0 Å². The third-order valence-corrected chi connectivity index (χ3v) is 2.98. The van der Waals surface area contributed by atoms with Crippen LogP contribution in [0.2, 0.25) is 0 Å². The lowest BCUT2D eigenvalue weighted by atomic mass is 10.1. The number of aromatic nitrogens is 1. The van der Waals surface area contributed by atoms with E-state index in [1.165, 1.54) is 11.3 Å². The predicted molar refractivity (Wildman–Crippen MR) is 51.0 cm³/mol. The number of nitrogens with two attached hydrogens (primary N) is 1. The van der Waals surface area contributed by atoms with Crippen molar-refractivity contribution in [3.63, 3.8) is 0 Å². The number of hydrogen-bond donors (Lipinski definition) is 2. The standard InChI is InChI=1S/C8H12N2O2S/c1-4-7(13-5(2)10-4)6(3-9)8(11)12/h6H,3,9H2,1-2H3,(H,11,12). The molecule has 1 atom stereocenters. The molecule has 1 unspecified atom stereocenters. The number of aliphatic carboxylic acids is 1. The fraction of sp³-hybridized carbons (Fsp3) is 0.500. The summed E-state index contributed by atoms with van der Waals surface area (Å²) in [6.07, 6.45) is 0. The number of carboxylic acid groups (broad SMARTS) is 1. The Kier molecular flexibility index (Phi) is 3.00. The molecule has 72 valence electrons. The summed E-state index contributed by atoms with van der Waals surface area (Å²) in [5.41, 5.74) is 6.16. The molecular formula is C8H12N2O2S. The Morgan fingerprint density at radius 1 is 1.69 bits per heavy atom. The van der Waals surface area contributed by atoms with Crippen LogP contribution in [0.15, 0.2) is 0 Å². The van der Waals surface area contributed by atoms with Crippen molar-refractivity contribution in [3.05, 3.63) is 15.6 Å². The van der Waals surface area contributed by atoms with Crippen molar-refractivity contribution in [2.45, 2.75) is 19.8 Å². The van der Waals surface area contributed by atoms with Gasteiger partial charge >= 0.3 is 5.97 Å². The summed E-state index contributed by atoms with van der Waals surface area (Å²) in [4.78, 5) is 15.7. The maximum Gasteiger partial charge on any atom is 0.313 e. The zero-order valence-corrected chi connectivity index (χ0v) is 8.39. The van der Waals surface area contributed by atoms with Crippen molar-refractivity contribution < 1.29 is 9.90 Å². The molecule has 0 aliphatic carbocycles. The molecule has 4 nitrogen and oxygen atoms in total. The SMILES string of the molecule is Cc1nc(C)c(C(CN)C(=O)O)s1. The number of hydrogen-bond acceptors (Lipinski definition) is 4. The maximum atomic E-state index is 10.8. The smallest absolute Gasteiger partial charge is 0.313 e. The first-order valence-corrected chi connectivity index (χ1v) is 4.74. The summed E-state index contributed by atoms with van der Waals surface area (Å²) in [5, 5.41) is 9.74. The van der Waals surface area contributed by atoms with Gasteiger partial charge in [0.1, 0.15) is 5.92 Å². The van der Waals surface area contributed by atoms with Crippen LogP contribution in [0, 0.1) is 13.8 Å². The number of aryl methyl sites for hydroxylation is 2. The van der Waals surface area contributed by atoms with Crippen LogP contribution in [0.4, 0.5) is 0 Å². The van der Waals surface area contributed by atoms with E-state index in [4.69, 9.17) is 10.8 Å². The average Bonchev–Trinajstić information content (AvgIpc) is 2.31. The highest BCUT2D eigenvalue weighted by atomic mass is 32.1. The molecule has 3 N–H and O–H groups in total. The minimum absolute atomic E-state index is 0.123. The zero-order chi connectivity index (χ0) is 10.0. The van der Waals surface area contributed by atoms with E-state index in [0.717, 1.165) is 15.6 Å². The Hall–Kier alpha value is -0.940. The average molecular weight is 200 g/mol. The van der Waals surface area contributed by atoms with E-state index in [0.29, 0.717) is 0 Å². The molecular weight excluding hydrogens is 188 g/mol. The second kappa shape index (κ2) is 3.85. The van der Waals surface area contributed by atoms with Gasteiger partial charge in [0, 0.05) is 11.4 Å². The first-order valence-electron chi connectivity index (χ1n) is 3.93. The largest absolute Gasteiger partial charge is 0.481 e. The molecule has 13 heavy (non-hydrogen) atoms. The van der Waals surface area contributed by atoms with Crippen molar-refractivity contribution in [1.82, 2.24) is 4.98 Å². The Morgan fingerprint density at radius 2 is 2.31 bits per heavy atom. The Morgan fingerprint density at radius 3 is 2.62 bits per heavy atom. The molecule has 0 aromatic carbocycles. The van der Waals surface area contributed by atoms with Gasteiger partial charge in [0.15, 0.2) is 0 Å². The third kappa shape index (κ3) is 2.05. The van der Waals surface area contributed by atoms with E-state index >= 15 is 0 Å². The van der Waals surface area contributed by atoms with Gasteiger partial charge in [0.05, 0.1) is 10.7 Å². The molecule has 5 heteroatoms. The number of carboxylic acids is 1. The van der Waals surface area contributed by atoms with Crippen LogP contribution < -0.4 is 5.73 Å². The van der Waals surface area contributed by atoms with E-state index in [2.05, 4.69) is 4.98 Å². The highest BCUT2D eigenvalue weighted by molar-refractivity contribution is 7.11. The van der Waals surface area contributed by atoms with Crippen molar-refractivity contribution >= 4 is 17.3 Å². The van der Waals surface area contributed by atoms with E-state index < -0.39 is 11.9 Å². The Balaban J connectivity index is 3.04. The molecule has 1 aromatic rings. The Labute approximate surface area is 80.4 Å². The van der Waals surface area contributed by atoms with Gasteiger partial charge in [0.2, 0.25) is 0 Å². The van der Waals surface area contributed by atoms with Crippen molar-refractivity contribution in [2.75, 3.05) is 6.54 Å². The molecule has 1 aromatic heterocycles. The summed E-state index contributed by atoms with van der Waals surface area (Å²) < 4.78 is 0. The summed E-state index contributed by atoms with van der Waals surface area (Å²) >= 11 is 1.40. The van der Waals surface area contributed by atoms with Crippen molar-refractivity contribution in [3.8, 4) is 0 Å². The van der Waals surface area contributed by atoms with Gasteiger partial charge in [-0.05, 0) is 13.8 Å². The number of thiazole rings is 1. The number of nitrogens with zero attached hydrogens (tertiary/aromatic N) is 1. The van der Waals surface area contributed by atoms with Gasteiger partial charge in [-0.2, -0.15) is 0 Å². The van der Waals surface area contributed by atoms with E-state index in [1.54, 1.807) is 0 Å². The highest BCUT2D eigenvalue weighted by Gasteiger charge is 2.22. The zero-order valence-electron chi connectivity index (χ0n) is 7.57. The third-order valence-electron chi connectivity index (χ3n) is 1.79. The van der Waals surface area contributed by atoms with Crippen LogP contribution in [0.1, 0.15) is 21.5 Å². The summed E-state index contributed by atoms with van der Waals surface area (Å²) in [5.74, 6) is -1.49. The number of carbonyl (C=O) groups is 1. The van der Waals surface area contributed by atoms with Crippen LogP contribution >= 0.6 is 11.3 Å². The van der Waals surface area contributed by atoms with E-state index in [-0.39, 0.29) is 6.54 Å². The van der Waals surface area contributed by atoms with Gasteiger partial charge < -0.3 is 10.8 Å². The van der Waals surface area contributed by atoms with Crippen molar-refractivity contribution in [1.29, 1.82) is 0 Å². The van der Waals surface area contributed by atoms with Gasteiger partial charge in [-0.3, -0.25) is 4.79 Å². The quantitative estimate of drug-likeness (QED) is 0.759. The first-order chi connectivity index (χ1) is 6.06. The summed E-state index contributed by atoms with van der Waals surface area (Å²) in [6.45, 7) is 3.79. The normalized spacial score (nSPS) is 12.8. The molecule has 0 amide bonds. The number of rotatable bonds is 3. The highest BCUT2D eigenvalue weighted by Crippen LogP contribution is 2.25. The minimum Gasteiger partial charge on any atom is -0.481 e. The van der Waals surface area contributed by atoms with E-state index in [1.807, 2.05) is 13.8 Å². The first kappa shape index (κ1) is 10.1. The monoisotopic (exact) mass is 200 g/mol. The lowest BCUT2D eigenvalue weighted by Crippen LogP contribution is -2.20. The lowest BCUT2D eigenvalue weighted by molar-refractivity contribution is -0.138. The maximum absolute atomic E-state index is 10.8. The van der Waals surface area contributed by atoms with Crippen LogP contribution in [0.3, 0.4) is 0 Å². The van der Waals surface area contributed by atoms with Gasteiger partial charge in [-0.25, -0.2) is 4.98 Å². The van der Waals surface area contributed by atoms with Crippen LogP contribution in [-0.2, 0) is 4.79 Å². The van der Waals surface area contributed by atoms with Crippen LogP contribution in [0.5, 0.6) is 0 Å². The molecule has 1 rings (SSSR count). The van der Waals surface area contributed by atoms with Crippen molar-refractivity contribution in [2.24, 2.45) is 5.73 Å². The molecule has 0 aliphatic heterocycles. The summed E-state index contributed by atoms with van der Waals surface area (Å²) in [6, 6.07) is 0. The molecule has 0 spiro atoms. The molecule has 0 saturated heterocycles. The summed E-state index contributed by atoms with van der Waals surface area (Å²) in [7, 11) is 0. The fourth-order valence-corrected chi connectivity index (χ4v) is 2.22. The molecule has 0 fully saturated rings. The van der Waals surface area contributed by atoms with Gasteiger partial charge in [-0.1, -0.05) is 0 Å². The molecule has 0 saturated carbocycles. The second-order valence-corrected chi connectivity index (χ2v) is 4.04. The molecule has 0 aliphatic rings. The lowest BCUT2D eigenvalue weighted by Gasteiger charge is -2.06. The van der Waals surface area contributed by atoms with Crippen LogP contribution in [-0.4, -0.2) is 22.6 Å². The molecule has 0 bridgehead atoms. The molecule has 1 heterocycles. The van der Waals surface area contributed by atoms with Gasteiger partial charge in [-0.15, -0.1) is 11.3 Å². The Bertz CT molecular complexity index is 322. The molecule has 0 radical (unpaired) electrons. The predicted octanol–water partition coefficient (Wildman–Crippen LogP) is 0.887. The van der Waals surface area contributed by atoms with Gasteiger partial charge in [0.25, 0.3) is 0 Å². The second-order valence-electron chi connectivity index (χ2n) is 2.81. The fourth-order valence-electron chi connectivity index (χ4n) is 1.19. The van der Waals surface area contributed by atoms with E-state index in [9.17, 15) is 4.79 Å².